The third-order valence-corrected chi connectivity index (χ3v) is 4.88. The van der Waals surface area contributed by atoms with Crippen molar-refractivity contribution in [2.75, 3.05) is 37.9 Å². The molecule has 0 amide bonds. The van der Waals surface area contributed by atoms with Crippen LogP contribution in [-0.2, 0) is 6.54 Å². The molecule has 0 radical (unpaired) electrons. The van der Waals surface area contributed by atoms with E-state index in [1.54, 1.807) is 0 Å². The van der Waals surface area contributed by atoms with Crippen molar-refractivity contribution in [3.8, 4) is 11.5 Å². The highest BCUT2D eigenvalue weighted by Gasteiger charge is 2.19. The number of hydrogen-bond acceptors (Lipinski definition) is 5. The first-order chi connectivity index (χ1) is 12.3. The summed E-state index contributed by atoms with van der Waals surface area (Å²) in [6, 6.07) is 10.1. The molecule has 0 aliphatic carbocycles. The Balaban J connectivity index is 1.28. The Hall–Kier alpha value is -2.54. The Labute approximate surface area is 152 Å². The normalized spacial score (nSPS) is 16.0. The lowest BCUT2D eigenvalue weighted by Gasteiger charge is -2.37. The molecule has 1 aromatic heterocycles. The maximum Gasteiger partial charge on any atom is 0.231 e. The summed E-state index contributed by atoms with van der Waals surface area (Å²) < 4.78 is 10.7. The van der Waals surface area contributed by atoms with Crippen LogP contribution in [-0.4, -0.2) is 48.0 Å². The maximum absolute atomic E-state index is 5.56. The lowest BCUT2D eigenvalue weighted by Crippen LogP contribution is -2.51. The van der Waals surface area contributed by atoms with Gasteiger partial charge < -0.3 is 24.6 Å². The van der Waals surface area contributed by atoms with Crippen molar-refractivity contribution >= 4 is 23.0 Å². The van der Waals surface area contributed by atoms with Crippen molar-refractivity contribution in [2.24, 2.45) is 0 Å². The molecular weight excluding hydrogens is 336 g/mol. The minimum atomic E-state index is 0.298. The van der Waals surface area contributed by atoms with E-state index in [9.17, 15) is 0 Å². The van der Waals surface area contributed by atoms with E-state index >= 15 is 0 Å². The number of fused-ring (bicyclic) bond motifs is 1. The monoisotopic (exact) mass is 356 g/mol. The van der Waals surface area contributed by atoms with E-state index in [1.807, 2.05) is 42.7 Å². The van der Waals surface area contributed by atoms with Crippen LogP contribution < -0.4 is 19.7 Å². The third kappa shape index (κ3) is 3.61. The Bertz CT molecular complexity index is 748. The summed E-state index contributed by atoms with van der Waals surface area (Å²) in [5.74, 6) is 1.61. The minimum absolute atomic E-state index is 0.298. The van der Waals surface area contributed by atoms with Gasteiger partial charge in [0, 0.05) is 50.8 Å². The number of nitrogens with zero attached hydrogens (tertiary/aromatic N) is 3. The summed E-state index contributed by atoms with van der Waals surface area (Å²) in [5.41, 5.74) is 2.34. The molecule has 0 bridgehead atoms. The van der Waals surface area contributed by atoms with Crippen molar-refractivity contribution in [1.82, 2.24) is 15.2 Å². The highest BCUT2D eigenvalue weighted by molar-refractivity contribution is 7.80. The molecule has 0 unspecified atom stereocenters. The molecule has 2 aliphatic heterocycles. The minimum Gasteiger partial charge on any atom is -0.454 e. The van der Waals surface area contributed by atoms with Crippen molar-refractivity contribution in [1.29, 1.82) is 0 Å². The first-order valence-corrected chi connectivity index (χ1v) is 8.77. The van der Waals surface area contributed by atoms with E-state index in [1.165, 1.54) is 5.69 Å². The van der Waals surface area contributed by atoms with Crippen molar-refractivity contribution in [3.05, 3.63) is 48.3 Å². The average molecular weight is 356 g/mol. The summed E-state index contributed by atoms with van der Waals surface area (Å²) in [6.07, 6.45) is 3.67. The largest absolute Gasteiger partial charge is 0.454 e. The number of nitrogens with one attached hydrogen (secondary N) is 1. The number of benzene rings is 1. The van der Waals surface area contributed by atoms with Gasteiger partial charge in [0.25, 0.3) is 0 Å². The fraction of sp³-hybridized carbons (Fsp3) is 0.333. The molecule has 1 N–H and O–H groups in total. The molecule has 7 heteroatoms. The number of ether oxygens (including phenoxy) is 2. The van der Waals surface area contributed by atoms with Gasteiger partial charge in [0.1, 0.15) is 0 Å². The zero-order valence-electron chi connectivity index (χ0n) is 13.9. The second kappa shape index (κ2) is 7.14. The molecule has 1 aromatic carbocycles. The molecule has 25 heavy (non-hydrogen) atoms. The van der Waals surface area contributed by atoms with Gasteiger partial charge in [-0.05, 0) is 42.0 Å². The lowest BCUT2D eigenvalue weighted by molar-refractivity contribution is 0.174. The second-order valence-electron chi connectivity index (χ2n) is 6.03. The predicted molar refractivity (Wildman–Crippen MR) is 100 cm³/mol. The van der Waals surface area contributed by atoms with Gasteiger partial charge in [0.05, 0.1) is 0 Å². The number of thiocarbonyl (C=S) groups is 1. The number of pyridine rings is 1. The van der Waals surface area contributed by atoms with Gasteiger partial charge in [0.15, 0.2) is 16.6 Å². The van der Waals surface area contributed by atoms with E-state index in [0.29, 0.717) is 13.3 Å². The first kappa shape index (κ1) is 16.0. The number of aromatic nitrogens is 1. The lowest BCUT2D eigenvalue weighted by atomic mass is 10.2. The summed E-state index contributed by atoms with van der Waals surface area (Å²) >= 11 is 5.56. The van der Waals surface area contributed by atoms with Crippen LogP contribution in [0.3, 0.4) is 0 Å². The topological polar surface area (TPSA) is 49.9 Å². The van der Waals surface area contributed by atoms with Gasteiger partial charge in [-0.15, -0.1) is 0 Å². The van der Waals surface area contributed by atoms with Crippen LogP contribution in [0.1, 0.15) is 5.56 Å². The molecule has 0 spiro atoms. The van der Waals surface area contributed by atoms with Gasteiger partial charge in [0.2, 0.25) is 6.79 Å². The van der Waals surface area contributed by atoms with Crippen molar-refractivity contribution in [3.63, 3.8) is 0 Å². The molecule has 4 rings (SSSR count). The smallest absolute Gasteiger partial charge is 0.231 e. The highest BCUT2D eigenvalue weighted by Crippen LogP contribution is 2.32. The SMILES string of the molecule is S=C(NCc1ccc2c(c1)OCO2)N1CCN(c2ccncc2)CC1. The standard InChI is InChI=1S/C18H20N4O2S/c25-18(20-12-14-1-2-16-17(11-14)24-13-23-16)22-9-7-21(8-10-22)15-3-5-19-6-4-15/h1-6,11H,7-10,12-13H2,(H,20,25). The molecular formula is C18H20N4O2S. The Morgan fingerprint density at radius 1 is 1.04 bits per heavy atom. The van der Waals surface area contributed by atoms with Crippen molar-refractivity contribution in [2.45, 2.75) is 6.54 Å². The van der Waals surface area contributed by atoms with Gasteiger partial charge in [-0.25, -0.2) is 0 Å². The van der Waals surface area contributed by atoms with Crippen LogP contribution in [0.2, 0.25) is 0 Å². The fourth-order valence-corrected chi connectivity index (χ4v) is 3.32. The van der Waals surface area contributed by atoms with E-state index in [0.717, 1.165) is 48.4 Å². The van der Waals surface area contributed by atoms with Gasteiger partial charge >= 0.3 is 0 Å². The zero-order valence-corrected chi connectivity index (χ0v) is 14.7. The molecule has 3 heterocycles. The van der Waals surface area contributed by atoms with Gasteiger partial charge in [-0.3, -0.25) is 4.98 Å². The number of piperazine rings is 1. The molecule has 0 atom stereocenters. The molecule has 2 aliphatic rings. The molecule has 0 saturated carbocycles. The number of anilines is 1. The van der Waals surface area contributed by atoms with Crippen LogP contribution in [0.5, 0.6) is 11.5 Å². The number of rotatable bonds is 3. The van der Waals surface area contributed by atoms with Crippen molar-refractivity contribution < 1.29 is 9.47 Å². The van der Waals surface area contributed by atoms with Crippen LogP contribution in [0, 0.1) is 0 Å². The predicted octanol–water partition coefficient (Wildman–Crippen LogP) is 2.01. The van der Waals surface area contributed by atoms with Gasteiger partial charge in [-0.1, -0.05) is 6.07 Å². The molecule has 6 nitrogen and oxygen atoms in total. The van der Waals surface area contributed by atoms with Gasteiger partial charge in [-0.2, -0.15) is 0 Å². The zero-order chi connectivity index (χ0) is 17.1. The molecule has 1 fully saturated rings. The van der Waals surface area contributed by atoms with E-state index in [-0.39, 0.29) is 0 Å². The highest BCUT2D eigenvalue weighted by atomic mass is 32.1. The summed E-state index contributed by atoms with van der Waals surface area (Å²) in [7, 11) is 0. The van der Waals surface area contributed by atoms with Crippen LogP contribution in [0.25, 0.3) is 0 Å². The summed E-state index contributed by atoms with van der Waals surface area (Å²) in [5, 5.41) is 4.15. The fourth-order valence-electron chi connectivity index (χ4n) is 3.06. The Morgan fingerprint density at radius 2 is 1.80 bits per heavy atom. The van der Waals surface area contributed by atoms with Crippen LogP contribution >= 0.6 is 12.2 Å². The molecule has 1 saturated heterocycles. The maximum atomic E-state index is 5.56. The quantitative estimate of drug-likeness (QED) is 0.844. The van der Waals surface area contributed by atoms with E-state index in [2.05, 4.69) is 20.1 Å². The number of hydrogen-bond donors (Lipinski definition) is 1. The Morgan fingerprint density at radius 3 is 2.60 bits per heavy atom. The van der Waals surface area contributed by atoms with Crippen LogP contribution in [0.15, 0.2) is 42.7 Å². The van der Waals surface area contributed by atoms with E-state index in [4.69, 9.17) is 21.7 Å². The molecule has 2 aromatic rings. The van der Waals surface area contributed by atoms with Crippen LogP contribution in [0.4, 0.5) is 5.69 Å². The summed E-state index contributed by atoms with van der Waals surface area (Å²) in [6.45, 7) is 4.71. The Kier molecular flexibility index (Phi) is 4.56. The molecule has 130 valence electrons. The average Bonchev–Trinajstić information content (AvgIpc) is 3.15. The van der Waals surface area contributed by atoms with E-state index < -0.39 is 0 Å². The first-order valence-electron chi connectivity index (χ1n) is 8.36. The summed E-state index contributed by atoms with van der Waals surface area (Å²) in [4.78, 5) is 8.66. The second-order valence-corrected chi connectivity index (χ2v) is 6.41. The third-order valence-electron chi connectivity index (χ3n) is 4.48.